The largest absolute Gasteiger partial charge is 0.392 e. The first-order valence-electron chi connectivity index (χ1n) is 5.52. The van der Waals surface area contributed by atoms with Crippen LogP contribution in [0.5, 0.6) is 0 Å². The Morgan fingerprint density at radius 3 is 2.44 bits per heavy atom. The molecule has 1 aromatic carbocycles. The van der Waals surface area contributed by atoms with Crippen LogP contribution in [0.25, 0.3) is 0 Å². The first-order valence-corrected chi connectivity index (χ1v) is 6.68. The molecular formula is C12H12Cl2N2OS. The third kappa shape index (κ3) is 2.32. The fourth-order valence-electron chi connectivity index (χ4n) is 1.94. The molecule has 0 unspecified atom stereocenters. The van der Waals surface area contributed by atoms with Gasteiger partial charge in [-0.3, -0.25) is 4.79 Å². The van der Waals surface area contributed by atoms with E-state index in [1.54, 1.807) is 18.2 Å². The van der Waals surface area contributed by atoms with Gasteiger partial charge in [-0.25, -0.2) is 0 Å². The van der Waals surface area contributed by atoms with Crippen LogP contribution < -0.4 is 11.1 Å². The summed E-state index contributed by atoms with van der Waals surface area (Å²) < 4.78 is 0. The molecule has 0 atom stereocenters. The predicted octanol–water partition coefficient (Wildman–Crippen LogP) is 3.39. The maximum atomic E-state index is 12.2. The molecule has 1 aliphatic rings. The molecule has 0 aliphatic heterocycles. The number of benzene rings is 1. The van der Waals surface area contributed by atoms with Crippen molar-refractivity contribution in [3.05, 3.63) is 28.2 Å². The van der Waals surface area contributed by atoms with Crippen LogP contribution in [-0.2, 0) is 4.79 Å². The molecule has 3 nitrogen and oxygen atoms in total. The molecule has 1 fully saturated rings. The second-order valence-electron chi connectivity index (χ2n) is 4.38. The van der Waals surface area contributed by atoms with Gasteiger partial charge in [-0.05, 0) is 31.0 Å². The molecule has 0 aromatic heterocycles. The van der Waals surface area contributed by atoms with Crippen LogP contribution >= 0.6 is 35.4 Å². The van der Waals surface area contributed by atoms with Crippen LogP contribution in [0.15, 0.2) is 18.2 Å². The Bertz CT molecular complexity index is 515. The molecule has 96 valence electrons. The Hall–Kier alpha value is -0.840. The molecule has 0 heterocycles. The van der Waals surface area contributed by atoms with Crippen molar-refractivity contribution in [2.45, 2.75) is 19.3 Å². The minimum absolute atomic E-state index is 0.167. The van der Waals surface area contributed by atoms with Crippen LogP contribution in [0.3, 0.4) is 0 Å². The second-order valence-corrected chi connectivity index (χ2v) is 5.64. The van der Waals surface area contributed by atoms with Gasteiger partial charge in [0.25, 0.3) is 0 Å². The molecule has 1 saturated carbocycles. The number of hydrogen-bond acceptors (Lipinski definition) is 2. The molecule has 3 N–H and O–H groups in total. The van der Waals surface area contributed by atoms with Gasteiger partial charge in [0.05, 0.1) is 20.4 Å². The summed E-state index contributed by atoms with van der Waals surface area (Å²) >= 11 is 16.7. The number of thiocarbonyl (C=S) groups is 1. The summed E-state index contributed by atoms with van der Waals surface area (Å²) in [6.45, 7) is 0. The van der Waals surface area contributed by atoms with Gasteiger partial charge in [0.2, 0.25) is 5.91 Å². The van der Waals surface area contributed by atoms with E-state index in [1.807, 2.05) is 0 Å². The van der Waals surface area contributed by atoms with E-state index in [1.165, 1.54) is 0 Å². The van der Waals surface area contributed by atoms with Gasteiger partial charge in [-0.15, -0.1) is 0 Å². The summed E-state index contributed by atoms with van der Waals surface area (Å²) in [7, 11) is 0. The van der Waals surface area contributed by atoms with E-state index < -0.39 is 5.41 Å². The zero-order valence-corrected chi connectivity index (χ0v) is 11.8. The standard InChI is InChI=1S/C12H12Cl2N2OS/c13-8-3-2-7(6-9(8)14)16-11(17)12(10(15)18)4-1-5-12/h2-3,6H,1,4-5H2,(H2,15,18)(H,16,17). The lowest BCUT2D eigenvalue weighted by Crippen LogP contribution is -2.50. The van der Waals surface area contributed by atoms with E-state index in [9.17, 15) is 4.79 Å². The fraction of sp³-hybridized carbons (Fsp3) is 0.333. The number of carbonyl (C=O) groups excluding carboxylic acids is 1. The third-order valence-corrected chi connectivity index (χ3v) is 4.42. The molecule has 18 heavy (non-hydrogen) atoms. The van der Waals surface area contributed by atoms with Crippen LogP contribution in [0.4, 0.5) is 5.69 Å². The monoisotopic (exact) mass is 302 g/mol. The van der Waals surface area contributed by atoms with Crippen molar-refractivity contribution in [3.8, 4) is 0 Å². The average molecular weight is 303 g/mol. The van der Waals surface area contributed by atoms with Gasteiger partial charge in [0.15, 0.2) is 0 Å². The highest BCUT2D eigenvalue weighted by molar-refractivity contribution is 7.80. The average Bonchev–Trinajstić information content (AvgIpc) is 2.21. The number of hydrogen-bond donors (Lipinski definition) is 2. The van der Waals surface area contributed by atoms with Gasteiger partial charge >= 0.3 is 0 Å². The molecule has 0 radical (unpaired) electrons. The van der Waals surface area contributed by atoms with E-state index in [0.29, 0.717) is 28.6 Å². The summed E-state index contributed by atoms with van der Waals surface area (Å²) in [5, 5.41) is 3.63. The van der Waals surface area contributed by atoms with Gasteiger partial charge in [0.1, 0.15) is 0 Å². The highest BCUT2D eigenvalue weighted by atomic mass is 35.5. The first-order chi connectivity index (χ1) is 8.45. The smallest absolute Gasteiger partial charge is 0.237 e. The molecule has 1 aliphatic carbocycles. The lowest BCUT2D eigenvalue weighted by molar-refractivity contribution is -0.125. The normalized spacial score (nSPS) is 16.8. The summed E-state index contributed by atoms with van der Waals surface area (Å²) in [5.74, 6) is -0.167. The van der Waals surface area contributed by atoms with Crippen molar-refractivity contribution in [1.82, 2.24) is 0 Å². The van der Waals surface area contributed by atoms with E-state index in [4.69, 9.17) is 41.2 Å². The van der Waals surface area contributed by atoms with E-state index in [-0.39, 0.29) is 10.9 Å². The zero-order chi connectivity index (χ0) is 13.3. The van der Waals surface area contributed by atoms with E-state index in [2.05, 4.69) is 5.32 Å². The number of rotatable bonds is 3. The maximum Gasteiger partial charge on any atom is 0.237 e. The van der Waals surface area contributed by atoms with Crippen molar-refractivity contribution in [3.63, 3.8) is 0 Å². The van der Waals surface area contributed by atoms with Gasteiger partial charge in [-0.1, -0.05) is 41.8 Å². The highest BCUT2D eigenvalue weighted by Gasteiger charge is 2.46. The molecule has 1 amide bonds. The molecule has 0 saturated heterocycles. The lowest BCUT2D eigenvalue weighted by Gasteiger charge is -2.39. The number of halogens is 2. The number of nitrogens with two attached hydrogens (primary N) is 1. The van der Waals surface area contributed by atoms with Gasteiger partial charge in [0, 0.05) is 5.69 Å². The van der Waals surface area contributed by atoms with Crippen LogP contribution in [-0.4, -0.2) is 10.9 Å². The van der Waals surface area contributed by atoms with Crippen LogP contribution in [0.1, 0.15) is 19.3 Å². The molecule has 0 bridgehead atoms. The topological polar surface area (TPSA) is 55.1 Å². The fourth-order valence-corrected chi connectivity index (χ4v) is 2.54. The Morgan fingerprint density at radius 1 is 1.33 bits per heavy atom. The maximum absolute atomic E-state index is 12.2. The number of anilines is 1. The van der Waals surface area contributed by atoms with Crippen molar-refractivity contribution in [2.75, 3.05) is 5.32 Å². The van der Waals surface area contributed by atoms with Crippen molar-refractivity contribution in [1.29, 1.82) is 0 Å². The summed E-state index contributed by atoms with van der Waals surface area (Å²) in [5.41, 5.74) is 5.57. The van der Waals surface area contributed by atoms with Gasteiger partial charge < -0.3 is 11.1 Å². The Balaban J connectivity index is 2.16. The minimum atomic E-state index is -0.693. The lowest BCUT2D eigenvalue weighted by atomic mass is 9.68. The number of nitrogens with one attached hydrogen (secondary N) is 1. The second kappa shape index (κ2) is 5.03. The van der Waals surface area contributed by atoms with Gasteiger partial charge in [-0.2, -0.15) is 0 Å². The first kappa shape index (κ1) is 13.6. The molecule has 6 heteroatoms. The highest BCUT2D eigenvalue weighted by Crippen LogP contribution is 2.42. The zero-order valence-electron chi connectivity index (χ0n) is 9.50. The summed E-state index contributed by atoms with van der Waals surface area (Å²) in [6.07, 6.45) is 2.37. The van der Waals surface area contributed by atoms with Crippen molar-refractivity contribution in [2.24, 2.45) is 11.1 Å². The Labute approximate surface area is 121 Å². The van der Waals surface area contributed by atoms with Crippen LogP contribution in [0, 0.1) is 5.41 Å². The molecular weight excluding hydrogens is 291 g/mol. The summed E-state index contributed by atoms with van der Waals surface area (Å²) in [6, 6.07) is 4.93. The van der Waals surface area contributed by atoms with Crippen molar-refractivity contribution < 1.29 is 4.79 Å². The SMILES string of the molecule is NC(=S)C1(C(=O)Nc2ccc(Cl)c(Cl)c2)CCC1. The quantitative estimate of drug-likeness (QED) is 0.842. The van der Waals surface area contributed by atoms with Crippen molar-refractivity contribution >= 4 is 52.0 Å². The predicted molar refractivity (Wildman–Crippen MR) is 78.2 cm³/mol. The van der Waals surface area contributed by atoms with E-state index in [0.717, 1.165) is 6.42 Å². The Kier molecular flexibility index (Phi) is 3.80. The molecule has 0 spiro atoms. The molecule has 1 aromatic rings. The summed E-state index contributed by atoms with van der Waals surface area (Å²) in [4.78, 5) is 12.5. The molecule has 2 rings (SSSR count). The van der Waals surface area contributed by atoms with Crippen LogP contribution in [0.2, 0.25) is 10.0 Å². The number of carbonyl (C=O) groups is 1. The number of amides is 1. The third-order valence-electron chi connectivity index (χ3n) is 3.29. The minimum Gasteiger partial charge on any atom is -0.392 e. The Morgan fingerprint density at radius 2 is 2.00 bits per heavy atom. The van der Waals surface area contributed by atoms with E-state index >= 15 is 0 Å².